The van der Waals surface area contributed by atoms with E-state index >= 15 is 0 Å². The molecule has 2 nitrogen and oxygen atoms in total. The predicted octanol–water partition coefficient (Wildman–Crippen LogP) is 0.104. The molecule has 0 heterocycles. The summed E-state index contributed by atoms with van der Waals surface area (Å²) in [7, 11) is 0. The molecule has 0 aromatic rings. The highest BCUT2D eigenvalue weighted by Crippen LogP contribution is 2.32. The molecule has 3 N–H and O–H groups in total. The molecule has 0 amide bonds. The number of hydrogen-bond donors (Lipinski definition) is 2. The number of aliphatic hydroxyl groups is 1. The fourth-order valence-electron chi connectivity index (χ4n) is 0.875. The van der Waals surface area contributed by atoms with E-state index in [1.54, 1.807) is 6.92 Å². The van der Waals surface area contributed by atoms with E-state index in [-0.39, 0.29) is 12.1 Å². The third-order valence-electron chi connectivity index (χ3n) is 1.72. The van der Waals surface area contributed by atoms with E-state index in [4.69, 9.17) is 10.8 Å². The first kappa shape index (κ1) is 6.05. The SMILES string of the molecule is CC(O)[C@@H](N)C1CC1. The first-order valence-electron chi connectivity index (χ1n) is 3.15. The molecule has 48 valence electrons. The number of rotatable bonds is 2. The van der Waals surface area contributed by atoms with Gasteiger partial charge in [-0.1, -0.05) is 0 Å². The van der Waals surface area contributed by atoms with Gasteiger partial charge in [0.25, 0.3) is 0 Å². The van der Waals surface area contributed by atoms with Crippen molar-refractivity contribution in [1.29, 1.82) is 0 Å². The smallest absolute Gasteiger partial charge is 0.0665 e. The molecule has 1 aliphatic carbocycles. The van der Waals surface area contributed by atoms with E-state index in [2.05, 4.69) is 0 Å². The summed E-state index contributed by atoms with van der Waals surface area (Å²) < 4.78 is 0. The summed E-state index contributed by atoms with van der Waals surface area (Å²) in [5.41, 5.74) is 5.57. The average molecular weight is 115 g/mol. The van der Waals surface area contributed by atoms with Gasteiger partial charge in [0.15, 0.2) is 0 Å². The maximum Gasteiger partial charge on any atom is 0.0665 e. The molecule has 0 aliphatic heterocycles. The third-order valence-corrected chi connectivity index (χ3v) is 1.72. The summed E-state index contributed by atoms with van der Waals surface area (Å²) in [6.07, 6.45) is 2.11. The van der Waals surface area contributed by atoms with Crippen LogP contribution < -0.4 is 5.73 Å². The second-order valence-corrected chi connectivity index (χ2v) is 2.66. The van der Waals surface area contributed by atoms with Gasteiger partial charge in [-0.05, 0) is 25.7 Å². The van der Waals surface area contributed by atoms with Crippen LogP contribution in [0.1, 0.15) is 19.8 Å². The second-order valence-electron chi connectivity index (χ2n) is 2.66. The Morgan fingerprint density at radius 3 is 2.25 bits per heavy atom. The zero-order valence-electron chi connectivity index (χ0n) is 5.17. The molecule has 0 spiro atoms. The van der Waals surface area contributed by atoms with Crippen LogP contribution in [-0.2, 0) is 0 Å². The van der Waals surface area contributed by atoms with Gasteiger partial charge in [-0.25, -0.2) is 0 Å². The Balaban J connectivity index is 2.22. The van der Waals surface area contributed by atoms with E-state index in [0.717, 1.165) is 0 Å². The van der Waals surface area contributed by atoms with Crippen LogP contribution in [0.15, 0.2) is 0 Å². The highest BCUT2D eigenvalue weighted by atomic mass is 16.3. The Hall–Kier alpha value is -0.0800. The zero-order chi connectivity index (χ0) is 6.15. The third kappa shape index (κ3) is 1.20. The van der Waals surface area contributed by atoms with Crippen LogP contribution in [0.3, 0.4) is 0 Å². The topological polar surface area (TPSA) is 46.2 Å². The lowest BCUT2D eigenvalue weighted by Gasteiger charge is -2.11. The molecule has 0 aromatic carbocycles. The van der Waals surface area contributed by atoms with Gasteiger partial charge < -0.3 is 10.8 Å². The summed E-state index contributed by atoms with van der Waals surface area (Å²) in [6.45, 7) is 1.75. The van der Waals surface area contributed by atoms with Gasteiger partial charge in [-0.2, -0.15) is 0 Å². The number of hydrogen-bond acceptors (Lipinski definition) is 2. The van der Waals surface area contributed by atoms with Gasteiger partial charge in [0.05, 0.1) is 6.10 Å². The van der Waals surface area contributed by atoms with Crippen molar-refractivity contribution in [3.63, 3.8) is 0 Å². The van der Waals surface area contributed by atoms with E-state index in [9.17, 15) is 0 Å². The van der Waals surface area contributed by atoms with Crippen LogP contribution in [-0.4, -0.2) is 17.3 Å². The molecule has 2 heteroatoms. The van der Waals surface area contributed by atoms with E-state index in [1.807, 2.05) is 0 Å². The van der Waals surface area contributed by atoms with Crippen LogP contribution in [0, 0.1) is 5.92 Å². The molecule has 1 unspecified atom stereocenters. The number of nitrogens with two attached hydrogens (primary N) is 1. The molecule has 0 aromatic heterocycles. The second kappa shape index (κ2) is 2.03. The van der Waals surface area contributed by atoms with E-state index in [0.29, 0.717) is 5.92 Å². The summed E-state index contributed by atoms with van der Waals surface area (Å²) in [5.74, 6) is 0.620. The fourth-order valence-corrected chi connectivity index (χ4v) is 0.875. The lowest BCUT2D eigenvalue weighted by Crippen LogP contribution is -2.34. The van der Waals surface area contributed by atoms with Crippen LogP contribution in [0.4, 0.5) is 0 Å². The van der Waals surface area contributed by atoms with Gasteiger partial charge in [-0.15, -0.1) is 0 Å². The van der Waals surface area contributed by atoms with Crippen molar-refractivity contribution in [2.45, 2.75) is 31.9 Å². The first-order chi connectivity index (χ1) is 3.72. The van der Waals surface area contributed by atoms with Crippen LogP contribution in [0.5, 0.6) is 0 Å². The maximum absolute atomic E-state index is 8.91. The Morgan fingerprint density at radius 1 is 1.62 bits per heavy atom. The van der Waals surface area contributed by atoms with Crippen LogP contribution in [0.2, 0.25) is 0 Å². The highest BCUT2D eigenvalue weighted by molar-refractivity contribution is 4.86. The van der Waals surface area contributed by atoms with Crippen molar-refractivity contribution in [1.82, 2.24) is 0 Å². The van der Waals surface area contributed by atoms with Crippen molar-refractivity contribution < 1.29 is 5.11 Å². The molecule has 1 fully saturated rings. The van der Waals surface area contributed by atoms with Gasteiger partial charge in [0.1, 0.15) is 0 Å². The minimum absolute atomic E-state index is 0.0370. The van der Waals surface area contributed by atoms with Crippen molar-refractivity contribution in [2.75, 3.05) is 0 Å². The summed E-state index contributed by atoms with van der Waals surface area (Å²) in [4.78, 5) is 0. The fraction of sp³-hybridized carbons (Fsp3) is 1.00. The van der Waals surface area contributed by atoms with Gasteiger partial charge in [0.2, 0.25) is 0 Å². The predicted molar refractivity (Wildman–Crippen MR) is 32.4 cm³/mol. The molecular weight excluding hydrogens is 102 g/mol. The molecule has 2 atom stereocenters. The normalized spacial score (nSPS) is 27.4. The molecule has 8 heavy (non-hydrogen) atoms. The van der Waals surface area contributed by atoms with Crippen molar-refractivity contribution in [3.8, 4) is 0 Å². The number of aliphatic hydroxyl groups excluding tert-OH is 1. The average Bonchev–Trinajstić information content (AvgIpc) is 2.43. The molecule has 0 saturated heterocycles. The standard InChI is InChI=1S/C6H13NO/c1-4(8)6(7)5-2-3-5/h4-6,8H,2-3,7H2,1H3/t4?,6-/m1/s1. The monoisotopic (exact) mass is 115 g/mol. The van der Waals surface area contributed by atoms with Crippen molar-refractivity contribution >= 4 is 0 Å². The summed E-state index contributed by atoms with van der Waals surface area (Å²) in [5, 5.41) is 8.91. The van der Waals surface area contributed by atoms with Gasteiger partial charge in [0, 0.05) is 6.04 Å². The van der Waals surface area contributed by atoms with Crippen LogP contribution >= 0.6 is 0 Å². The maximum atomic E-state index is 8.91. The molecule has 1 rings (SSSR count). The Bertz CT molecular complexity index is 76.6. The zero-order valence-corrected chi connectivity index (χ0v) is 5.17. The molecule has 1 saturated carbocycles. The summed E-state index contributed by atoms with van der Waals surface area (Å²) in [6, 6.07) is 0.0370. The van der Waals surface area contributed by atoms with Gasteiger partial charge >= 0.3 is 0 Å². The Kier molecular flexibility index (Phi) is 1.54. The molecular formula is C6H13NO. The Labute approximate surface area is 49.7 Å². The minimum Gasteiger partial charge on any atom is -0.392 e. The minimum atomic E-state index is -0.317. The van der Waals surface area contributed by atoms with Crippen LogP contribution in [0.25, 0.3) is 0 Å². The van der Waals surface area contributed by atoms with E-state index < -0.39 is 0 Å². The summed E-state index contributed by atoms with van der Waals surface area (Å²) >= 11 is 0. The lowest BCUT2D eigenvalue weighted by atomic mass is 10.1. The Morgan fingerprint density at radius 2 is 2.12 bits per heavy atom. The first-order valence-corrected chi connectivity index (χ1v) is 3.15. The largest absolute Gasteiger partial charge is 0.392 e. The molecule has 0 radical (unpaired) electrons. The van der Waals surface area contributed by atoms with Crippen molar-refractivity contribution in [3.05, 3.63) is 0 Å². The van der Waals surface area contributed by atoms with E-state index in [1.165, 1.54) is 12.8 Å². The highest BCUT2D eigenvalue weighted by Gasteiger charge is 2.30. The molecule has 1 aliphatic rings. The molecule has 0 bridgehead atoms. The van der Waals surface area contributed by atoms with Gasteiger partial charge in [-0.3, -0.25) is 0 Å². The van der Waals surface area contributed by atoms with Crippen molar-refractivity contribution in [2.24, 2.45) is 11.7 Å². The quantitative estimate of drug-likeness (QED) is 0.536. The lowest BCUT2D eigenvalue weighted by molar-refractivity contribution is 0.154.